The maximum atomic E-state index is 12.6. The first-order chi connectivity index (χ1) is 11.6. The quantitative estimate of drug-likeness (QED) is 0.785. The monoisotopic (exact) mass is 324 g/mol. The third-order valence-corrected chi connectivity index (χ3v) is 4.59. The van der Waals surface area contributed by atoms with Crippen LogP contribution < -0.4 is 0 Å². The van der Waals surface area contributed by atoms with E-state index in [0.717, 1.165) is 41.9 Å². The van der Waals surface area contributed by atoms with Crippen molar-refractivity contribution in [2.24, 2.45) is 0 Å². The summed E-state index contributed by atoms with van der Waals surface area (Å²) in [5.41, 5.74) is 3.96. The average molecular weight is 324 g/mol. The minimum absolute atomic E-state index is 0.0905. The van der Waals surface area contributed by atoms with Crippen LogP contribution in [0, 0.1) is 13.8 Å². The van der Waals surface area contributed by atoms with Gasteiger partial charge in [0.2, 0.25) is 5.76 Å². The zero-order chi connectivity index (χ0) is 16.7. The molecule has 0 radical (unpaired) electrons. The highest BCUT2D eigenvalue weighted by Gasteiger charge is 2.29. The van der Waals surface area contributed by atoms with Gasteiger partial charge in [0.1, 0.15) is 5.82 Å². The first-order valence-electron chi connectivity index (χ1n) is 8.29. The van der Waals surface area contributed by atoms with E-state index >= 15 is 0 Å². The van der Waals surface area contributed by atoms with Crippen LogP contribution in [0.1, 0.15) is 46.4 Å². The number of carbonyl (C=O) groups excluding carboxylic acids is 1. The van der Waals surface area contributed by atoms with Crippen molar-refractivity contribution >= 4 is 16.9 Å². The Balaban J connectivity index is 1.56. The fraction of sp³-hybridized carbons (Fsp3) is 0.389. The lowest BCUT2D eigenvalue weighted by atomic mass is 9.97. The highest BCUT2D eigenvalue weighted by Crippen LogP contribution is 2.28. The number of carbonyl (C=O) groups is 1. The molecule has 124 valence electrons. The first-order valence-corrected chi connectivity index (χ1v) is 8.29. The highest BCUT2D eigenvalue weighted by atomic mass is 16.5. The van der Waals surface area contributed by atoms with Crippen LogP contribution in [0.4, 0.5) is 0 Å². The highest BCUT2D eigenvalue weighted by molar-refractivity contribution is 5.91. The molecule has 0 unspecified atom stereocenters. The number of nitrogens with one attached hydrogen (secondary N) is 1. The van der Waals surface area contributed by atoms with E-state index in [-0.39, 0.29) is 11.8 Å². The Kier molecular flexibility index (Phi) is 3.59. The number of fused-ring (bicyclic) bond motifs is 1. The predicted molar refractivity (Wildman–Crippen MR) is 89.9 cm³/mol. The summed E-state index contributed by atoms with van der Waals surface area (Å²) in [5, 5.41) is 3.81. The maximum absolute atomic E-state index is 12.6. The second-order valence-corrected chi connectivity index (χ2v) is 6.57. The number of aromatic amines is 1. The number of hydrogen-bond donors (Lipinski definition) is 1. The van der Waals surface area contributed by atoms with Gasteiger partial charge in [-0.1, -0.05) is 11.2 Å². The average Bonchev–Trinajstić information content (AvgIpc) is 3.20. The summed E-state index contributed by atoms with van der Waals surface area (Å²) in [5.74, 6) is 1.40. The van der Waals surface area contributed by atoms with Crippen LogP contribution in [0.5, 0.6) is 0 Å². The molecule has 0 bridgehead atoms. The number of aromatic nitrogens is 3. The van der Waals surface area contributed by atoms with E-state index in [9.17, 15) is 4.79 Å². The van der Waals surface area contributed by atoms with Crippen LogP contribution in [-0.2, 0) is 0 Å². The van der Waals surface area contributed by atoms with Crippen molar-refractivity contribution < 1.29 is 9.32 Å². The molecule has 3 aromatic rings. The first kappa shape index (κ1) is 14.9. The summed E-state index contributed by atoms with van der Waals surface area (Å²) in [6.45, 7) is 5.28. The van der Waals surface area contributed by atoms with Gasteiger partial charge in [-0.25, -0.2) is 4.98 Å². The van der Waals surface area contributed by atoms with Gasteiger partial charge in [-0.3, -0.25) is 4.79 Å². The van der Waals surface area contributed by atoms with Gasteiger partial charge in [0.25, 0.3) is 5.91 Å². The van der Waals surface area contributed by atoms with E-state index in [0.29, 0.717) is 12.3 Å². The summed E-state index contributed by atoms with van der Waals surface area (Å²) in [6.07, 6.45) is 1.98. The van der Waals surface area contributed by atoms with Gasteiger partial charge < -0.3 is 14.4 Å². The van der Waals surface area contributed by atoms with Gasteiger partial charge >= 0.3 is 0 Å². The van der Waals surface area contributed by atoms with E-state index in [1.165, 1.54) is 5.56 Å². The van der Waals surface area contributed by atoms with Gasteiger partial charge in [-0.15, -0.1) is 0 Å². The molecule has 1 amide bonds. The largest absolute Gasteiger partial charge is 0.351 e. The molecule has 0 spiro atoms. The van der Waals surface area contributed by atoms with E-state index in [2.05, 4.69) is 29.2 Å². The summed E-state index contributed by atoms with van der Waals surface area (Å²) in [4.78, 5) is 22.6. The topological polar surface area (TPSA) is 75.0 Å². The van der Waals surface area contributed by atoms with Crippen molar-refractivity contribution in [2.75, 3.05) is 13.1 Å². The fourth-order valence-electron chi connectivity index (χ4n) is 3.34. The molecule has 1 aliphatic heterocycles. The van der Waals surface area contributed by atoms with Crippen LogP contribution in [0.2, 0.25) is 0 Å². The standard InChI is InChI=1S/C18H20N4O2/c1-11-5-6-14-15(8-11)20-17(19-14)13-4-3-7-22(10-13)18(23)16-9-12(2)21-24-16/h5-6,8-9,13H,3-4,7,10H2,1-2H3,(H,19,20)/t13-/m1/s1. The molecule has 1 fully saturated rings. The van der Waals surface area contributed by atoms with Crippen LogP contribution in [-0.4, -0.2) is 39.0 Å². The van der Waals surface area contributed by atoms with Crippen molar-refractivity contribution in [3.8, 4) is 0 Å². The lowest BCUT2D eigenvalue weighted by Crippen LogP contribution is -2.39. The zero-order valence-corrected chi connectivity index (χ0v) is 13.9. The Morgan fingerprint density at radius 1 is 1.33 bits per heavy atom. The Labute approximate surface area is 139 Å². The molecular weight excluding hydrogens is 304 g/mol. The van der Waals surface area contributed by atoms with Crippen molar-refractivity contribution in [1.29, 1.82) is 0 Å². The molecule has 3 heterocycles. The molecule has 1 saturated heterocycles. The molecule has 0 aliphatic carbocycles. The zero-order valence-electron chi connectivity index (χ0n) is 13.9. The lowest BCUT2D eigenvalue weighted by Gasteiger charge is -2.31. The molecule has 6 nitrogen and oxygen atoms in total. The molecular formula is C18H20N4O2. The number of nitrogens with zero attached hydrogens (tertiary/aromatic N) is 3. The normalized spacial score (nSPS) is 18.2. The maximum Gasteiger partial charge on any atom is 0.292 e. The summed E-state index contributed by atoms with van der Waals surface area (Å²) < 4.78 is 5.12. The predicted octanol–water partition coefficient (Wildman–Crippen LogP) is 3.19. The second kappa shape index (κ2) is 5.78. The molecule has 4 rings (SSSR count). The molecule has 1 N–H and O–H groups in total. The van der Waals surface area contributed by atoms with Crippen molar-refractivity contribution in [3.05, 3.63) is 47.1 Å². The number of likely N-dealkylation sites (tertiary alicyclic amines) is 1. The van der Waals surface area contributed by atoms with E-state index in [1.54, 1.807) is 6.07 Å². The van der Waals surface area contributed by atoms with Crippen LogP contribution in [0.25, 0.3) is 11.0 Å². The Morgan fingerprint density at radius 3 is 3.00 bits per heavy atom. The number of imidazole rings is 1. The lowest BCUT2D eigenvalue weighted by molar-refractivity contribution is 0.0663. The Morgan fingerprint density at radius 2 is 2.21 bits per heavy atom. The number of hydrogen-bond acceptors (Lipinski definition) is 4. The van der Waals surface area contributed by atoms with Gasteiger partial charge in [0.15, 0.2) is 0 Å². The van der Waals surface area contributed by atoms with Crippen molar-refractivity contribution in [3.63, 3.8) is 0 Å². The van der Waals surface area contributed by atoms with Crippen molar-refractivity contribution in [1.82, 2.24) is 20.0 Å². The number of H-pyrrole nitrogens is 1. The van der Waals surface area contributed by atoms with Gasteiger partial charge in [-0.05, 0) is 44.4 Å². The number of piperidine rings is 1. The molecule has 6 heteroatoms. The van der Waals surface area contributed by atoms with Crippen molar-refractivity contribution in [2.45, 2.75) is 32.6 Å². The fourth-order valence-corrected chi connectivity index (χ4v) is 3.34. The van der Waals surface area contributed by atoms with Gasteiger partial charge in [0.05, 0.1) is 16.7 Å². The molecule has 2 aromatic heterocycles. The van der Waals surface area contributed by atoms with Crippen LogP contribution in [0.3, 0.4) is 0 Å². The van der Waals surface area contributed by atoms with Gasteiger partial charge in [0, 0.05) is 25.1 Å². The minimum Gasteiger partial charge on any atom is -0.351 e. The molecule has 1 aliphatic rings. The number of amides is 1. The summed E-state index contributed by atoms with van der Waals surface area (Å²) >= 11 is 0. The SMILES string of the molecule is Cc1ccc2nc([C@@H]3CCCN(C(=O)c4cc(C)no4)C3)[nH]c2c1. The number of benzene rings is 1. The summed E-state index contributed by atoms with van der Waals surface area (Å²) in [6, 6.07) is 7.90. The molecule has 1 aromatic carbocycles. The van der Waals surface area contributed by atoms with Crippen LogP contribution >= 0.6 is 0 Å². The van der Waals surface area contributed by atoms with E-state index in [4.69, 9.17) is 9.51 Å². The molecule has 0 saturated carbocycles. The smallest absolute Gasteiger partial charge is 0.292 e. The minimum atomic E-state index is -0.0905. The third kappa shape index (κ3) is 2.68. The van der Waals surface area contributed by atoms with Gasteiger partial charge in [-0.2, -0.15) is 0 Å². The number of rotatable bonds is 2. The van der Waals surface area contributed by atoms with Crippen LogP contribution in [0.15, 0.2) is 28.8 Å². The Bertz CT molecular complexity index is 895. The van der Waals surface area contributed by atoms with E-state index < -0.39 is 0 Å². The third-order valence-electron chi connectivity index (χ3n) is 4.59. The Hall–Kier alpha value is -2.63. The van der Waals surface area contributed by atoms with E-state index in [1.807, 2.05) is 17.9 Å². The number of aryl methyl sites for hydroxylation is 2. The molecule has 24 heavy (non-hydrogen) atoms. The summed E-state index contributed by atoms with van der Waals surface area (Å²) in [7, 11) is 0. The molecule has 1 atom stereocenters. The second-order valence-electron chi connectivity index (χ2n) is 6.57.